The maximum atomic E-state index is 12.7. The van der Waals surface area contributed by atoms with E-state index in [4.69, 9.17) is 4.74 Å². The monoisotopic (exact) mass is 354 g/mol. The van der Waals surface area contributed by atoms with E-state index in [2.05, 4.69) is 24.4 Å². The van der Waals surface area contributed by atoms with Crippen molar-refractivity contribution in [2.45, 2.75) is 47.2 Å². The number of nitrogens with one attached hydrogen (secondary N) is 1. The lowest BCUT2D eigenvalue weighted by atomic mass is 10.0. The molecule has 0 heterocycles. The van der Waals surface area contributed by atoms with Gasteiger partial charge >= 0.3 is 0 Å². The lowest BCUT2D eigenvalue weighted by molar-refractivity contribution is -0.120. The summed E-state index contributed by atoms with van der Waals surface area (Å²) >= 11 is 0. The third-order valence-corrected chi connectivity index (χ3v) is 4.63. The molecule has 1 N–H and O–H groups in total. The van der Waals surface area contributed by atoms with Crippen molar-refractivity contribution < 1.29 is 9.53 Å². The Labute approximate surface area is 157 Å². The number of benzene rings is 2. The average molecular weight is 354 g/mol. The number of hydrogen-bond acceptors (Lipinski definition) is 3. The van der Waals surface area contributed by atoms with Crippen LogP contribution in [0.15, 0.2) is 36.4 Å². The predicted octanol–water partition coefficient (Wildman–Crippen LogP) is 4.47. The van der Waals surface area contributed by atoms with Crippen LogP contribution >= 0.6 is 0 Å². The van der Waals surface area contributed by atoms with Crippen molar-refractivity contribution >= 4 is 11.6 Å². The first-order valence-electron chi connectivity index (χ1n) is 9.12. The molecule has 2 aromatic rings. The fourth-order valence-electron chi connectivity index (χ4n) is 3.09. The van der Waals surface area contributed by atoms with Crippen LogP contribution in [0, 0.1) is 20.8 Å². The highest BCUT2D eigenvalue weighted by atomic mass is 16.5. The van der Waals surface area contributed by atoms with Crippen molar-refractivity contribution in [3.63, 3.8) is 0 Å². The molecule has 0 aliphatic rings. The molecule has 0 fully saturated rings. The van der Waals surface area contributed by atoms with Crippen LogP contribution in [0.25, 0.3) is 0 Å². The molecule has 1 amide bonds. The van der Waals surface area contributed by atoms with E-state index in [1.165, 1.54) is 5.56 Å². The summed E-state index contributed by atoms with van der Waals surface area (Å²) in [6, 6.07) is 12.0. The summed E-state index contributed by atoms with van der Waals surface area (Å²) in [5.74, 6) is 0.878. The van der Waals surface area contributed by atoms with Gasteiger partial charge in [0, 0.05) is 12.2 Å². The fraction of sp³-hybridized carbons (Fsp3) is 0.409. The smallest absolute Gasteiger partial charge is 0.241 e. The van der Waals surface area contributed by atoms with Crippen LogP contribution in [-0.4, -0.2) is 30.5 Å². The summed E-state index contributed by atoms with van der Waals surface area (Å²) in [6.45, 7) is 11.4. The van der Waals surface area contributed by atoms with Crippen LogP contribution in [0.3, 0.4) is 0 Å². The van der Waals surface area contributed by atoms with Crippen molar-refractivity contribution in [2.24, 2.45) is 0 Å². The van der Waals surface area contributed by atoms with Crippen molar-refractivity contribution in [3.05, 3.63) is 58.7 Å². The molecule has 0 saturated heterocycles. The molecule has 0 bridgehead atoms. The van der Waals surface area contributed by atoms with Crippen molar-refractivity contribution in [2.75, 3.05) is 19.0 Å². The molecule has 1 atom stereocenters. The molecule has 4 heteroatoms. The van der Waals surface area contributed by atoms with E-state index in [0.29, 0.717) is 13.2 Å². The topological polar surface area (TPSA) is 41.6 Å². The van der Waals surface area contributed by atoms with Gasteiger partial charge in [0.05, 0.1) is 12.6 Å². The molecule has 0 aliphatic heterocycles. The molecule has 0 aromatic heterocycles. The van der Waals surface area contributed by atoms with Gasteiger partial charge in [0.25, 0.3) is 0 Å². The van der Waals surface area contributed by atoms with Gasteiger partial charge in [-0.1, -0.05) is 29.8 Å². The van der Waals surface area contributed by atoms with Gasteiger partial charge in [-0.05, 0) is 70.5 Å². The van der Waals surface area contributed by atoms with Crippen LogP contribution in [-0.2, 0) is 11.3 Å². The lowest BCUT2D eigenvalue weighted by Gasteiger charge is -2.25. The SMILES string of the molecule is CCOc1ccc(CN(C)[C@H](C)C(=O)Nc2c(C)cc(C)cc2C)cc1. The minimum Gasteiger partial charge on any atom is -0.494 e. The Bertz CT molecular complexity index is 730. The lowest BCUT2D eigenvalue weighted by Crippen LogP contribution is -2.39. The molecule has 0 spiro atoms. The van der Waals surface area contributed by atoms with Gasteiger partial charge in [0.15, 0.2) is 0 Å². The van der Waals surface area contributed by atoms with E-state index < -0.39 is 0 Å². The van der Waals surface area contributed by atoms with Crippen LogP contribution in [0.1, 0.15) is 36.1 Å². The number of aryl methyl sites for hydroxylation is 3. The fourth-order valence-corrected chi connectivity index (χ4v) is 3.09. The second-order valence-electron chi connectivity index (χ2n) is 6.93. The Morgan fingerprint density at radius 2 is 1.69 bits per heavy atom. The highest BCUT2D eigenvalue weighted by molar-refractivity contribution is 5.95. The summed E-state index contributed by atoms with van der Waals surface area (Å²) in [5, 5.41) is 3.10. The van der Waals surface area contributed by atoms with Crippen LogP contribution in [0.2, 0.25) is 0 Å². The van der Waals surface area contributed by atoms with Gasteiger partial charge in [-0.25, -0.2) is 0 Å². The Morgan fingerprint density at radius 3 is 2.23 bits per heavy atom. The number of hydrogen-bond donors (Lipinski definition) is 1. The third-order valence-electron chi connectivity index (χ3n) is 4.63. The van der Waals surface area contributed by atoms with E-state index >= 15 is 0 Å². The molecule has 0 aliphatic carbocycles. The predicted molar refractivity (Wildman–Crippen MR) is 108 cm³/mol. The molecule has 0 saturated carbocycles. The van der Waals surface area contributed by atoms with E-state index in [0.717, 1.165) is 28.1 Å². The number of carbonyl (C=O) groups excluding carboxylic acids is 1. The van der Waals surface area contributed by atoms with E-state index in [1.807, 2.05) is 63.9 Å². The largest absolute Gasteiger partial charge is 0.494 e. The zero-order valence-corrected chi connectivity index (χ0v) is 16.7. The molecule has 0 radical (unpaired) electrons. The van der Waals surface area contributed by atoms with E-state index in [1.54, 1.807) is 0 Å². The summed E-state index contributed by atoms with van der Waals surface area (Å²) in [6.07, 6.45) is 0. The number of amides is 1. The van der Waals surface area contributed by atoms with Gasteiger partial charge in [-0.3, -0.25) is 9.69 Å². The molecule has 2 aromatic carbocycles. The number of ether oxygens (including phenoxy) is 1. The molecule has 140 valence electrons. The van der Waals surface area contributed by atoms with Crippen LogP contribution < -0.4 is 10.1 Å². The van der Waals surface area contributed by atoms with Crippen LogP contribution in [0.4, 0.5) is 5.69 Å². The Balaban J connectivity index is 2.01. The van der Waals surface area contributed by atoms with Crippen molar-refractivity contribution in [1.82, 2.24) is 4.90 Å². The quantitative estimate of drug-likeness (QED) is 0.798. The second kappa shape index (κ2) is 8.86. The van der Waals surface area contributed by atoms with E-state index in [9.17, 15) is 4.79 Å². The van der Waals surface area contributed by atoms with Crippen LogP contribution in [0.5, 0.6) is 5.75 Å². The standard InChI is InChI=1S/C22H30N2O2/c1-7-26-20-10-8-19(9-11-20)14-24(6)18(5)22(25)23-21-16(3)12-15(2)13-17(21)4/h8-13,18H,7,14H2,1-6H3,(H,23,25)/t18-/m1/s1. The van der Waals surface area contributed by atoms with Gasteiger partial charge in [-0.15, -0.1) is 0 Å². The first kappa shape index (κ1) is 20.0. The summed E-state index contributed by atoms with van der Waals surface area (Å²) < 4.78 is 5.47. The summed E-state index contributed by atoms with van der Waals surface area (Å²) in [7, 11) is 1.97. The third kappa shape index (κ3) is 5.09. The van der Waals surface area contributed by atoms with Crippen molar-refractivity contribution in [3.8, 4) is 5.75 Å². The van der Waals surface area contributed by atoms with Gasteiger partial charge in [0.1, 0.15) is 5.75 Å². The first-order chi connectivity index (χ1) is 12.3. The first-order valence-corrected chi connectivity index (χ1v) is 9.12. The Morgan fingerprint density at radius 1 is 1.12 bits per heavy atom. The molecule has 4 nitrogen and oxygen atoms in total. The molecular formula is C22H30N2O2. The van der Waals surface area contributed by atoms with Gasteiger partial charge < -0.3 is 10.1 Å². The zero-order chi connectivity index (χ0) is 19.3. The molecule has 2 rings (SSSR count). The molecular weight excluding hydrogens is 324 g/mol. The highest BCUT2D eigenvalue weighted by Crippen LogP contribution is 2.22. The number of anilines is 1. The van der Waals surface area contributed by atoms with Crippen molar-refractivity contribution in [1.29, 1.82) is 0 Å². The Hall–Kier alpha value is -2.33. The summed E-state index contributed by atoms with van der Waals surface area (Å²) in [4.78, 5) is 14.7. The minimum absolute atomic E-state index is 0.00786. The van der Waals surface area contributed by atoms with E-state index in [-0.39, 0.29) is 11.9 Å². The molecule has 26 heavy (non-hydrogen) atoms. The van der Waals surface area contributed by atoms with Gasteiger partial charge in [-0.2, -0.15) is 0 Å². The maximum Gasteiger partial charge on any atom is 0.241 e. The number of nitrogens with zero attached hydrogens (tertiary/aromatic N) is 1. The van der Waals surface area contributed by atoms with Gasteiger partial charge in [0.2, 0.25) is 5.91 Å². The number of likely N-dealkylation sites (N-methyl/N-ethyl adjacent to an activating group) is 1. The minimum atomic E-state index is -0.235. The average Bonchev–Trinajstić information content (AvgIpc) is 2.59. The zero-order valence-electron chi connectivity index (χ0n) is 16.7. The molecule has 0 unspecified atom stereocenters. The normalized spacial score (nSPS) is 12.1. The Kier molecular flexibility index (Phi) is 6.81. The summed E-state index contributed by atoms with van der Waals surface area (Å²) in [5.41, 5.74) is 5.47. The number of carbonyl (C=O) groups is 1. The highest BCUT2D eigenvalue weighted by Gasteiger charge is 2.19. The maximum absolute atomic E-state index is 12.7. The number of rotatable bonds is 7. The second-order valence-corrected chi connectivity index (χ2v) is 6.93.